The number of pyridine rings is 1. The number of morpholine rings is 2. The van der Waals surface area contributed by atoms with Crippen molar-refractivity contribution < 1.29 is 19.0 Å². The number of hydrogen-bond acceptors (Lipinski definition) is 7. The number of aromatic nitrogens is 1. The number of rotatable bonds is 6. The smallest absolute Gasteiger partial charge is 0.343 e. The van der Waals surface area contributed by atoms with Gasteiger partial charge in [-0.1, -0.05) is 12.1 Å². The molecule has 1 aromatic heterocycles. The Balaban J connectivity index is 1.55. The highest BCUT2D eigenvalue weighted by molar-refractivity contribution is 5.95. The maximum absolute atomic E-state index is 13.2. The molecule has 0 unspecified atom stereocenters. The molecule has 2 saturated heterocycles. The van der Waals surface area contributed by atoms with Crippen LogP contribution in [0.15, 0.2) is 47.4 Å². The number of benzene rings is 2. The van der Waals surface area contributed by atoms with Gasteiger partial charge in [0, 0.05) is 55.5 Å². The number of aromatic amines is 1. The number of ether oxygens (including phenoxy) is 3. The highest BCUT2D eigenvalue weighted by Crippen LogP contribution is 2.30. The highest BCUT2D eigenvalue weighted by Gasteiger charge is 2.19. The molecule has 0 amide bonds. The van der Waals surface area contributed by atoms with Gasteiger partial charge in [0.1, 0.15) is 5.56 Å². The SMILES string of the molecule is CCOC(=O)c1c[nH]c2cc(-c3ccc(N4CCOCC4)cc3)c(CN3CCOCC3)cc2c1=O. The lowest BCUT2D eigenvalue weighted by Gasteiger charge is -2.29. The van der Waals surface area contributed by atoms with Crippen LogP contribution in [-0.2, 0) is 20.8 Å². The number of nitrogens with one attached hydrogen (secondary N) is 1. The largest absolute Gasteiger partial charge is 0.462 e. The van der Waals surface area contributed by atoms with Crippen molar-refractivity contribution in [2.24, 2.45) is 0 Å². The molecule has 5 rings (SSSR count). The van der Waals surface area contributed by atoms with Crippen molar-refractivity contribution in [3.05, 3.63) is 63.9 Å². The van der Waals surface area contributed by atoms with Crippen LogP contribution in [0.3, 0.4) is 0 Å². The molecular formula is C27H31N3O5. The number of H-pyrrole nitrogens is 1. The lowest BCUT2D eigenvalue weighted by molar-refractivity contribution is 0.0342. The first-order valence-electron chi connectivity index (χ1n) is 12.2. The molecule has 8 heteroatoms. The van der Waals surface area contributed by atoms with Gasteiger partial charge in [-0.25, -0.2) is 4.79 Å². The maximum Gasteiger partial charge on any atom is 0.343 e. The summed E-state index contributed by atoms with van der Waals surface area (Å²) in [6.45, 7) is 9.00. The average Bonchev–Trinajstić information content (AvgIpc) is 2.90. The van der Waals surface area contributed by atoms with Crippen LogP contribution in [-0.4, -0.2) is 75.1 Å². The Morgan fingerprint density at radius 3 is 2.37 bits per heavy atom. The van der Waals surface area contributed by atoms with Crippen molar-refractivity contribution in [3.8, 4) is 11.1 Å². The topological polar surface area (TPSA) is 84.1 Å². The van der Waals surface area contributed by atoms with Gasteiger partial charge in [-0.3, -0.25) is 9.69 Å². The van der Waals surface area contributed by atoms with Crippen LogP contribution in [0.25, 0.3) is 22.0 Å². The minimum atomic E-state index is -0.604. The zero-order valence-corrected chi connectivity index (χ0v) is 20.0. The van der Waals surface area contributed by atoms with E-state index >= 15 is 0 Å². The van der Waals surface area contributed by atoms with Crippen molar-refractivity contribution in [1.29, 1.82) is 0 Å². The molecule has 1 N–H and O–H groups in total. The molecule has 2 aromatic carbocycles. The van der Waals surface area contributed by atoms with E-state index in [2.05, 4.69) is 39.0 Å². The number of esters is 1. The Labute approximate surface area is 204 Å². The third-order valence-corrected chi connectivity index (χ3v) is 6.65. The molecule has 0 radical (unpaired) electrons. The van der Waals surface area contributed by atoms with Crippen molar-refractivity contribution in [1.82, 2.24) is 9.88 Å². The van der Waals surface area contributed by atoms with Gasteiger partial charge in [-0.15, -0.1) is 0 Å². The molecular weight excluding hydrogens is 446 g/mol. The second kappa shape index (κ2) is 10.6. The molecule has 3 aromatic rings. The Morgan fingerprint density at radius 2 is 1.69 bits per heavy atom. The van der Waals surface area contributed by atoms with E-state index in [1.807, 2.05) is 12.1 Å². The summed E-state index contributed by atoms with van der Waals surface area (Å²) in [5.74, 6) is -0.604. The summed E-state index contributed by atoms with van der Waals surface area (Å²) < 4.78 is 16.1. The Morgan fingerprint density at radius 1 is 1.00 bits per heavy atom. The van der Waals surface area contributed by atoms with Gasteiger partial charge < -0.3 is 24.1 Å². The summed E-state index contributed by atoms with van der Waals surface area (Å²) in [4.78, 5) is 33.3. The van der Waals surface area contributed by atoms with Gasteiger partial charge in [-0.2, -0.15) is 0 Å². The summed E-state index contributed by atoms with van der Waals surface area (Å²) in [6.07, 6.45) is 1.45. The summed E-state index contributed by atoms with van der Waals surface area (Å²) in [6, 6.07) is 12.5. The van der Waals surface area contributed by atoms with Crippen LogP contribution < -0.4 is 10.3 Å². The third kappa shape index (κ3) is 5.10. The fraction of sp³-hybridized carbons (Fsp3) is 0.407. The van der Waals surface area contributed by atoms with Gasteiger partial charge in [0.2, 0.25) is 5.43 Å². The van der Waals surface area contributed by atoms with Gasteiger partial charge in [0.15, 0.2) is 0 Å². The molecule has 8 nitrogen and oxygen atoms in total. The second-order valence-electron chi connectivity index (χ2n) is 8.84. The fourth-order valence-electron chi connectivity index (χ4n) is 4.75. The Kier molecular flexibility index (Phi) is 7.13. The van der Waals surface area contributed by atoms with Gasteiger partial charge in [0.05, 0.1) is 33.0 Å². The predicted octanol–water partition coefficient (Wildman–Crippen LogP) is 3.04. The molecule has 2 aliphatic rings. The number of carbonyl (C=O) groups is 1. The van der Waals surface area contributed by atoms with E-state index < -0.39 is 5.97 Å². The first-order valence-corrected chi connectivity index (χ1v) is 12.2. The summed E-state index contributed by atoms with van der Waals surface area (Å²) in [7, 11) is 0. The normalized spacial score (nSPS) is 17.0. The number of carbonyl (C=O) groups excluding carboxylic acids is 1. The third-order valence-electron chi connectivity index (χ3n) is 6.65. The van der Waals surface area contributed by atoms with Crippen molar-refractivity contribution >= 4 is 22.6 Å². The monoisotopic (exact) mass is 477 g/mol. The molecule has 3 heterocycles. The van der Waals surface area contributed by atoms with Crippen LogP contribution in [0.4, 0.5) is 5.69 Å². The van der Waals surface area contributed by atoms with Crippen molar-refractivity contribution in [2.75, 3.05) is 64.1 Å². The van der Waals surface area contributed by atoms with Crippen LogP contribution in [0, 0.1) is 0 Å². The van der Waals surface area contributed by atoms with Crippen LogP contribution in [0.1, 0.15) is 22.8 Å². The van der Waals surface area contributed by atoms with Crippen LogP contribution in [0.2, 0.25) is 0 Å². The molecule has 35 heavy (non-hydrogen) atoms. The van der Waals surface area contributed by atoms with E-state index in [0.717, 1.165) is 56.1 Å². The second-order valence-corrected chi connectivity index (χ2v) is 8.84. The lowest BCUT2D eigenvalue weighted by atomic mass is 9.95. The fourth-order valence-corrected chi connectivity index (χ4v) is 4.75. The molecule has 0 saturated carbocycles. The van der Waals surface area contributed by atoms with E-state index in [4.69, 9.17) is 14.2 Å². The molecule has 0 spiro atoms. The van der Waals surface area contributed by atoms with Crippen molar-refractivity contribution in [2.45, 2.75) is 13.5 Å². The van der Waals surface area contributed by atoms with Crippen molar-refractivity contribution in [3.63, 3.8) is 0 Å². The molecule has 0 atom stereocenters. The van der Waals surface area contributed by atoms with E-state index in [9.17, 15) is 9.59 Å². The van der Waals surface area contributed by atoms with Gasteiger partial charge in [-0.05, 0) is 47.9 Å². The predicted molar refractivity (Wildman–Crippen MR) is 135 cm³/mol. The quantitative estimate of drug-likeness (QED) is 0.547. The van der Waals surface area contributed by atoms with Crippen LogP contribution >= 0.6 is 0 Å². The molecule has 0 bridgehead atoms. The molecule has 0 aliphatic carbocycles. The maximum atomic E-state index is 13.2. The van der Waals surface area contributed by atoms with E-state index in [1.165, 1.54) is 11.9 Å². The first-order chi connectivity index (χ1) is 17.1. The zero-order chi connectivity index (χ0) is 24.2. The lowest BCUT2D eigenvalue weighted by Crippen LogP contribution is -2.36. The van der Waals surface area contributed by atoms with E-state index in [1.54, 1.807) is 6.92 Å². The first kappa shape index (κ1) is 23.5. The molecule has 2 fully saturated rings. The number of fused-ring (bicyclic) bond motifs is 1. The highest BCUT2D eigenvalue weighted by atomic mass is 16.5. The minimum Gasteiger partial charge on any atom is -0.462 e. The van der Waals surface area contributed by atoms with Gasteiger partial charge >= 0.3 is 5.97 Å². The molecule has 2 aliphatic heterocycles. The molecule has 184 valence electrons. The number of anilines is 1. The zero-order valence-electron chi connectivity index (χ0n) is 20.0. The Bertz CT molecular complexity index is 1240. The van der Waals surface area contributed by atoms with Crippen LogP contribution in [0.5, 0.6) is 0 Å². The number of hydrogen-bond donors (Lipinski definition) is 1. The number of nitrogens with zero attached hydrogens (tertiary/aromatic N) is 2. The standard InChI is InChI=1S/C27H31N3O5/c1-2-35-27(32)24-17-28-25-16-22(19-3-5-21(6-4-19)30-9-13-34-14-10-30)20(15-23(25)26(24)31)18-29-7-11-33-12-8-29/h3-6,15-17H,2,7-14,18H2,1H3,(H,28,31). The summed E-state index contributed by atoms with van der Waals surface area (Å²) >= 11 is 0. The summed E-state index contributed by atoms with van der Waals surface area (Å²) in [5, 5.41) is 0.493. The average molecular weight is 478 g/mol. The summed E-state index contributed by atoms with van der Waals surface area (Å²) in [5.41, 5.74) is 4.79. The Hall–Kier alpha value is -3.20. The van der Waals surface area contributed by atoms with Gasteiger partial charge in [0.25, 0.3) is 0 Å². The van der Waals surface area contributed by atoms with E-state index in [-0.39, 0.29) is 17.6 Å². The minimum absolute atomic E-state index is 0.0271. The van der Waals surface area contributed by atoms with E-state index in [0.29, 0.717) is 30.7 Å².